The first-order chi connectivity index (χ1) is 12.9. The lowest BCUT2D eigenvalue weighted by atomic mass is 9.76. The molecule has 0 fully saturated rings. The average Bonchev–Trinajstić information content (AvgIpc) is 2.65. The van der Waals surface area contributed by atoms with Crippen LogP contribution in [0.2, 0.25) is 0 Å². The molecule has 2 aromatic carbocycles. The molecule has 0 heterocycles. The van der Waals surface area contributed by atoms with Gasteiger partial charge in [-0.05, 0) is 47.9 Å². The molecule has 0 aromatic heterocycles. The minimum atomic E-state index is -3.19. The standard InChI is InChI=1S/C22H30N2O2S/c1-3-13-27(25,26)24(2)16-18-9-10-19-11-12-22(23)21(20(19)15-18)14-17-7-5-4-6-8-17/h4-10,15,21-22H,3,11-14,16,23H2,1-2H3. The molecule has 4 nitrogen and oxygen atoms in total. The van der Waals surface area contributed by atoms with E-state index < -0.39 is 10.0 Å². The van der Waals surface area contributed by atoms with E-state index in [4.69, 9.17) is 5.73 Å². The van der Waals surface area contributed by atoms with Crippen molar-refractivity contribution < 1.29 is 8.42 Å². The van der Waals surface area contributed by atoms with E-state index in [0.29, 0.717) is 13.0 Å². The van der Waals surface area contributed by atoms with Crippen molar-refractivity contribution in [3.8, 4) is 0 Å². The van der Waals surface area contributed by atoms with Crippen LogP contribution in [0.25, 0.3) is 0 Å². The number of aryl methyl sites for hydroxylation is 1. The fourth-order valence-corrected chi connectivity index (χ4v) is 5.14. The summed E-state index contributed by atoms with van der Waals surface area (Å²) in [6, 6.07) is 17.0. The van der Waals surface area contributed by atoms with Crippen LogP contribution in [0.4, 0.5) is 0 Å². The van der Waals surface area contributed by atoms with Crippen LogP contribution in [0.5, 0.6) is 0 Å². The van der Waals surface area contributed by atoms with Gasteiger partial charge in [0.1, 0.15) is 0 Å². The van der Waals surface area contributed by atoms with Gasteiger partial charge in [0, 0.05) is 25.6 Å². The molecule has 27 heavy (non-hydrogen) atoms. The summed E-state index contributed by atoms with van der Waals surface area (Å²) in [6.07, 6.45) is 3.54. The van der Waals surface area contributed by atoms with E-state index in [0.717, 1.165) is 24.8 Å². The zero-order valence-electron chi connectivity index (χ0n) is 16.3. The molecular weight excluding hydrogens is 356 g/mol. The van der Waals surface area contributed by atoms with Crippen molar-refractivity contribution in [2.24, 2.45) is 5.73 Å². The number of fused-ring (bicyclic) bond motifs is 1. The Morgan fingerprint density at radius 2 is 1.85 bits per heavy atom. The summed E-state index contributed by atoms with van der Waals surface area (Å²) < 4.78 is 26.0. The van der Waals surface area contributed by atoms with Crippen molar-refractivity contribution in [2.45, 2.75) is 51.1 Å². The molecule has 0 bridgehead atoms. The summed E-state index contributed by atoms with van der Waals surface area (Å²) >= 11 is 0. The molecule has 3 rings (SSSR count). The second-order valence-electron chi connectivity index (χ2n) is 7.60. The van der Waals surface area contributed by atoms with Gasteiger partial charge in [0.05, 0.1) is 5.75 Å². The lowest BCUT2D eigenvalue weighted by Gasteiger charge is -2.32. The topological polar surface area (TPSA) is 63.4 Å². The smallest absolute Gasteiger partial charge is 0.214 e. The molecule has 0 aliphatic heterocycles. The fourth-order valence-electron chi connectivity index (χ4n) is 3.97. The van der Waals surface area contributed by atoms with Gasteiger partial charge in [0.25, 0.3) is 0 Å². The van der Waals surface area contributed by atoms with E-state index in [2.05, 4.69) is 42.5 Å². The Balaban J connectivity index is 1.85. The monoisotopic (exact) mass is 386 g/mol. The molecule has 0 saturated carbocycles. The number of hydrogen-bond donors (Lipinski definition) is 1. The maximum absolute atomic E-state index is 12.3. The van der Waals surface area contributed by atoms with Crippen LogP contribution in [0.15, 0.2) is 48.5 Å². The van der Waals surface area contributed by atoms with E-state index >= 15 is 0 Å². The second kappa shape index (κ2) is 8.55. The molecule has 2 aromatic rings. The van der Waals surface area contributed by atoms with Crippen molar-refractivity contribution >= 4 is 10.0 Å². The zero-order chi connectivity index (χ0) is 19.4. The van der Waals surface area contributed by atoms with Crippen LogP contribution < -0.4 is 5.73 Å². The molecule has 2 atom stereocenters. The Hall–Kier alpha value is -1.69. The van der Waals surface area contributed by atoms with E-state index in [1.54, 1.807) is 7.05 Å². The van der Waals surface area contributed by atoms with Gasteiger partial charge < -0.3 is 5.73 Å². The van der Waals surface area contributed by atoms with Crippen molar-refractivity contribution in [2.75, 3.05) is 12.8 Å². The lowest BCUT2D eigenvalue weighted by Crippen LogP contribution is -2.34. The Kier molecular flexibility index (Phi) is 6.35. The molecule has 146 valence electrons. The summed E-state index contributed by atoms with van der Waals surface area (Å²) in [5.41, 5.74) is 11.5. The van der Waals surface area contributed by atoms with E-state index in [1.165, 1.54) is 21.0 Å². The van der Waals surface area contributed by atoms with Crippen molar-refractivity contribution in [3.05, 3.63) is 70.8 Å². The van der Waals surface area contributed by atoms with Crippen LogP contribution >= 0.6 is 0 Å². The van der Waals surface area contributed by atoms with E-state index in [9.17, 15) is 8.42 Å². The maximum Gasteiger partial charge on any atom is 0.214 e. The summed E-state index contributed by atoms with van der Waals surface area (Å²) in [5.74, 6) is 0.462. The van der Waals surface area contributed by atoms with Gasteiger partial charge in [-0.3, -0.25) is 0 Å². The maximum atomic E-state index is 12.3. The first-order valence-electron chi connectivity index (χ1n) is 9.76. The van der Waals surface area contributed by atoms with Crippen molar-refractivity contribution in [3.63, 3.8) is 0 Å². The number of nitrogens with zero attached hydrogens (tertiary/aromatic N) is 1. The van der Waals surface area contributed by atoms with Crippen LogP contribution in [0, 0.1) is 0 Å². The highest BCUT2D eigenvalue weighted by atomic mass is 32.2. The van der Waals surface area contributed by atoms with Crippen LogP contribution in [-0.4, -0.2) is 31.6 Å². The summed E-state index contributed by atoms with van der Waals surface area (Å²) in [6.45, 7) is 2.29. The summed E-state index contributed by atoms with van der Waals surface area (Å²) in [4.78, 5) is 0. The number of benzene rings is 2. The quantitative estimate of drug-likeness (QED) is 0.793. The predicted molar refractivity (Wildman–Crippen MR) is 111 cm³/mol. The predicted octanol–water partition coefficient (Wildman–Crippen LogP) is 3.46. The molecule has 0 saturated heterocycles. The van der Waals surface area contributed by atoms with E-state index in [-0.39, 0.29) is 17.7 Å². The molecule has 1 aliphatic rings. The molecule has 1 aliphatic carbocycles. The Morgan fingerprint density at radius 1 is 1.11 bits per heavy atom. The van der Waals surface area contributed by atoms with Crippen LogP contribution in [-0.2, 0) is 29.4 Å². The summed E-state index contributed by atoms with van der Waals surface area (Å²) in [5, 5.41) is 0. The highest BCUT2D eigenvalue weighted by Crippen LogP contribution is 2.34. The number of sulfonamides is 1. The third-order valence-electron chi connectivity index (χ3n) is 5.51. The minimum Gasteiger partial charge on any atom is -0.327 e. The first kappa shape index (κ1) is 20.1. The molecule has 0 radical (unpaired) electrons. The minimum absolute atomic E-state index is 0.134. The van der Waals surface area contributed by atoms with Gasteiger partial charge in [-0.2, -0.15) is 0 Å². The largest absolute Gasteiger partial charge is 0.327 e. The Labute approximate surface area is 163 Å². The molecular formula is C22H30N2O2S. The zero-order valence-corrected chi connectivity index (χ0v) is 17.1. The van der Waals surface area contributed by atoms with Gasteiger partial charge in [0.2, 0.25) is 10.0 Å². The molecule has 0 spiro atoms. The van der Waals surface area contributed by atoms with Gasteiger partial charge in [-0.1, -0.05) is 55.5 Å². The van der Waals surface area contributed by atoms with Crippen LogP contribution in [0.3, 0.4) is 0 Å². The second-order valence-corrected chi connectivity index (χ2v) is 9.80. The van der Waals surface area contributed by atoms with Crippen molar-refractivity contribution in [1.82, 2.24) is 4.31 Å². The normalized spacial score (nSPS) is 19.9. The molecule has 2 N–H and O–H groups in total. The molecule has 0 amide bonds. The average molecular weight is 387 g/mol. The van der Waals surface area contributed by atoms with Gasteiger partial charge in [-0.15, -0.1) is 0 Å². The van der Waals surface area contributed by atoms with Crippen LogP contribution in [0.1, 0.15) is 47.9 Å². The highest BCUT2D eigenvalue weighted by molar-refractivity contribution is 7.89. The van der Waals surface area contributed by atoms with Gasteiger partial charge >= 0.3 is 0 Å². The van der Waals surface area contributed by atoms with E-state index in [1.807, 2.05) is 13.0 Å². The SMILES string of the molecule is CCCS(=O)(=O)N(C)Cc1ccc2c(c1)C(Cc1ccccc1)C(N)CC2. The van der Waals surface area contributed by atoms with Crippen molar-refractivity contribution in [1.29, 1.82) is 0 Å². The third kappa shape index (κ3) is 4.78. The number of nitrogens with two attached hydrogens (primary N) is 1. The Bertz CT molecular complexity index is 865. The van der Waals surface area contributed by atoms with Gasteiger partial charge in [-0.25, -0.2) is 12.7 Å². The Morgan fingerprint density at radius 3 is 2.56 bits per heavy atom. The fraction of sp³-hybridized carbons (Fsp3) is 0.455. The molecule has 2 unspecified atom stereocenters. The number of rotatable bonds is 7. The first-order valence-corrected chi connectivity index (χ1v) is 11.4. The lowest BCUT2D eigenvalue weighted by molar-refractivity contribution is 0.457. The molecule has 5 heteroatoms. The van der Waals surface area contributed by atoms with Gasteiger partial charge in [0.15, 0.2) is 0 Å². The summed E-state index contributed by atoms with van der Waals surface area (Å²) in [7, 11) is -1.53. The third-order valence-corrected chi connectivity index (χ3v) is 7.52. The number of hydrogen-bond acceptors (Lipinski definition) is 3. The highest BCUT2D eigenvalue weighted by Gasteiger charge is 2.28.